The molecule has 2 aromatic carbocycles. The van der Waals surface area contributed by atoms with Crippen molar-refractivity contribution in [2.45, 2.75) is 25.8 Å². The first-order valence-electron chi connectivity index (χ1n) is 9.22. The van der Waals surface area contributed by atoms with Crippen LogP contribution in [0.1, 0.15) is 40.6 Å². The summed E-state index contributed by atoms with van der Waals surface area (Å²) in [4.78, 5) is 19.6. The van der Waals surface area contributed by atoms with Gasteiger partial charge in [0, 0.05) is 17.8 Å². The Morgan fingerprint density at radius 1 is 1.04 bits per heavy atom. The van der Waals surface area contributed by atoms with Crippen LogP contribution in [0, 0.1) is 12.7 Å². The van der Waals surface area contributed by atoms with Crippen LogP contribution in [0.25, 0.3) is 11.1 Å². The lowest BCUT2D eigenvalue weighted by molar-refractivity contribution is 0.0733. The van der Waals surface area contributed by atoms with Crippen molar-refractivity contribution in [2.24, 2.45) is 0 Å². The summed E-state index contributed by atoms with van der Waals surface area (Å²) in [5.74, 6) is -0.204. The molecule has 1 aliphatic heterocycles. The first kappa shape index (κ1) is 17.4. The van der Waals surface area contributed by atoms with Crippen LogP contribution < -0.4 is 0 Å². The van der Waals surface area contributed by atoms with Crippen LogP contribution in [0.3, 0.4) is 0 Å². The fraction of sp³-hybridized carbons (Fsp3) is 0.217. The minimum Gasteiger partial charge on any atom is -0.330 e. The highest BCUT2D eigenvalue weighted by Crippen LogP contribution is 2.34. The molecule has 0 aliphatic carbocycles. The Hall–Kier alpha value is -3.01. The highest BCUT2D eigenvalue weighted by molar-refractivity contribution is 5.94. The largest absolute Gasteiger partial charge is 0.330 e. The van der Waals surface area contributed by atoms with E-state index in [0.717, 1.165) is 41.9 Å². The van der Waals surface area contributed by atoms with E-state index in [0.29, 0.717) is 5.56 Å². The maximum absolute atomic E-state index is 13.3. The zero-order valence-corrected chi connectivity index (χ0v) is 15.2. The number of hydrogen-bond acceptors (Lipinski definition) is 2. The Labute approximate surface area is 158 Å². The van der Waals surface area contributed by atoms with Gasteiger partial charge in [-0.1, -0.05) is 30.3 Å². The molecule has 4 rings (SSSR count). The van der Waals surface area contributed by atoms with Crippen molar-refractivity contribution in [1.29, 1.82) is 0 Å². The van der Waals surface area contributed by atoms with E-state index in [1.165, 1.54) is 12.1 Å². The number of likely N-dealkylation sites (tertiary alicyclic amines) is 1. The number of nitrogens with zero attached hydrogens (tertiary/aromatic N) is 2. The van der Waals surface area contributed by atoms with Crippen molar-refractivity contribution < 1.29 is 9.18 Å². The number of aromatic nitrogens is 1. The van der Waals surface area contributed by atoms with Gasteiger partial charge in [-0.05, 0) is 67.3 Å². The lowest BCUT2D eigenvalue weighted by Crippen LogP contribution is -2.31. The van der Waals surface area contributed by atoms with E-state index in [2.05, 4.69) is 0 Å². The maximum atomic E-state index is 13.3. The van der Waals surface area contributed by atoms with Gasteiger partial charge in [-0.2, -0.15) is 0 Å². The van der Waals surface area contributed by atoms with E-state index >= 15 is 0 Å². The summed E-state index contributed by atoms with van der Waals surface area (Å²) in [6.45, 7) is 2.69. The number of benzene rings is 2. The molecule has 0 unspecified atom stereocenters. The summed E-state index contributed by atoms with van der Waals surface area (Å²) in [6, 6.07) is 19.9. The van der Waals surface area contributed by atoms with Crippen molar-refractivity contribution in [3.63, 3.8) is 0 Å². The molecule has 1 aliphatic rings. The van der Waals surface area contributed by atoms with E-state index in [1.807, 2.05) is 54.3 Å². The van der Waals surface area contributed by atoms with Gasteiger partial charge in [-0.15, -0.1) is 0 Å². The number of amides is 1. The second-order valence-electron chi connectivity index (χ2n) is 6.95. The molecule has 3 nitrogen and oxygen atoms in total. The van der Waals surface area contributed by atoms with Crippen molar-refractivity contribution in [3.8, 4) is 11.1 Å². The predicted octanol–water partition coefficient (Wildman–Crippen LogP) is 5.17. The molecule has 1 aromatic heterocycles. The molecule has 3 aromatic rings. The third-order valence-corrected chi connectivity index (χ3v) is 5.03. The molecule has 0 bridgehead atoms. The second kappa shape index (κ2) is 7.31. The molecule has 1 amide bonds. The number of aryl methyl sites for hydroxylation is 1. The zero-order chi connectivity index (χ0) is 18.8. The predicted molar refractivity (Wildman–Crippen MR) is 104 cm³/mol. The van der Waals surface area contributed by atoms with Gasteiger partial charge in [-0.25, -0.2) is 4.39 Å². The van der Waals surface area contributed by atoms with E-state index in [9.17, 15) is 9.18 Å². The van der Waals surface area contributed by atoms with Crippen LogP contribution in [0.4, 0.5) is 4.39 Å². The van der Waals surface area contributed by atoms with Crippen LogP contribution in [0.5, 0.6) is 0 Å². The Morgan fingerprint density at radius 2 is 1.78 bits per heavy atom. The molecule has 0 N–H and O–H groups in total. The molecular weight excluding hydrogens is 339 g/mol. The summed E-state index contributed by atoms with van der Waals surface area (Å²) < 4.78 is 13.3. The number of rotatable bonds is 3. The number of halogens is 1. The highest BCUT2D eigenvalue weighted by atomic mass is 19.1. The normalized spacial score (nSPS) is 16.5. The number of pyridine rings is 1. The molecule has 0 radical (unpaired) electrons. The fourth-order valence-electron chi connectivity index (χ4n) is 3.74. The van der Waals surface area contributed by atoms with E-state index in [4.69, 9.17) is 4.98 Å². The highest BCUT2D eigenvalue weighted by Gasteiger charge is 2.31. The second-order valence-corrected chi connectivity index (χ2v) is 6.95. The average Bonchev–Trinajstić information content (AvgIpc) is 3.18. The fourth-order valence-corrected chi connectivity index (χ4v) is 3.74. The van der Waals surface area contributed by atoms with Crippen LogP contribution in [-0.4, -0.2) is 22.3 Å². The van der Waals surface area contributed by atoms with Crippen LogP contribution in [0.15, 0.2) is 66.7 Å². The van der Waals surface area contributed by atoms with Gasteiger partial charge in [0.25, 0.3) is 5.91 Å². The van der Waals surface area contributed by atoms with Gasteiger partial charge in [-0.3, -0.25) is 9.78 Å². The molecular formula is C23H21FN2O. The van der Waals surface area contributed by atoms with Gasteiger partial charge in [0.2, 0.25) is 0 Å². The Balaban J connectivity index is 1.68. The van der Waals surface area contributed by atoms with Gasteiger partial charge >= 0.3 is 0 Å². The standard InChI is InChI=1S/C23H21FN2O/c1-16-14-19(17-9-11-20(24)12-10-17)15-21(25-16)22-8-5-13-26(22)23(27)18-6-3-2-4-7-18/h2-4,6-7,9-12,14-15,22H,5,8,13H2,1H3/t22-/m1/s1. The van der Waals surface area contributed by atoms with E-state index < -0.39 is 0 Å². The lowest BCUT2D eigenvalue weighted by atomic mass is 10.0. The molecule has 1 fully saturated rings. The van der Waals surface area contributed by atoms with Gasteiger partial charge < -0.3 is 4.90 Å². The third kappa shape index (κ3) is 3.61. The van der Waals surface area contributed by atoms with Crippen LogP contribution >= 0.6 is 0 Å². The van der Waals surface area contributed by atoms with Crippen LogP contribution in [0.2, 0.25) is 0 Å². The van der Waals surface area contributed by atoms with Gasteiger partial charge in [0.05, 0.1) is 11.7 Å². The smallest absolute Gasteiger partial charge is 0.254 e. The summed E-state index contributed by atoms with van der Waals surface area (Å²) in [6.07, 6.45) is 1.86. The molecule has 136 valence electrons. The molecule has 0 saturated carbocycles. The number of hydrogen-bond donors (Lipinski definition) is 0. The van der Waals surface area contributed by atoms with Crippen molar-refractivity contribution >= 4 is 5.91 Å². The topological polar surface area (TPSA) is 33.2 Å². The first-order chi connectivity index (χ1) is 13.1. The monoisotopic (exact) mass is 360 g/mol. The number of carbonyl (C=O) groups is 1. The summed E-state index contributed by atoms with van der Waals surface area (Å²) in [7, 11) is 0. The summed E-state index contributed by atoms with van der Waals surface area (Å²) >= 11 is 0. The molecule has 1 saturated heterocycles. The van der Waals surface area contributed by atoms with Crippen LogP contribution in [-0.2, 0) is 0 Å². The SMILES string of the molecule is Cc1cc(-c2ccc(F)cc2)cc([C@H]2CCCN2C(=O)c2ccccc2)n1. The minimum absolute atomic E-state index is 0.0307. The van der Waals surface area contributed by atoms with Crippen molar-refractivity contribution in [3.05, 3.63) is 89.5 Å². The number of carbonyl (C=O) groups excluding carboxylic acids is 1. The minimum atomic E-state index is -0.250. The molecule has 1 atom stereocenters. The quantitative estimate of drug-likeness (QED) is 0.645. The molecule has 0 spiro atoms. The molecule has 2 heterocycles. The Bertz CT molecular complexity index is 954. The summed E-state index contributed by atoms with van der Waals surface area (Å²) in [5, 5.41) is 0. The summed E-state index contributed by atoms with van der Waals surface area (Å²) in [5.41, 5.74) is 4.44. The lowest BCUT2D eigenvalue weighted by Gasteiger charge is -2.25. The van der Waals surface area contributed by atoms with Gasteiger partial charge in [0.15, 0.2) is 0 Å². The first-order valence-corrected chi connectivity index (χ1v) is 9.22. The van der Waals surface area contributed by atoms with E-state index in [-0.39, 0.29) is 17.8 Å². The maximum Gasteiger partial charge on any atom is 0.254 e. The average molecular weight is 360 g/mol. The van der Waals surface area contributed by atoms with Crippen molar-refractivity contribution in [1.82, 2.24) is 9.88 Å². The van der Waals surface area contributed by atoms with Crippen molar-refractivity contribution in [2.75, 3.05) is 6.54 Å². The third-order valence-electron chi connectivity index (χ3n) is 5.03. The van der Waals surface area contributed by atoms with E-state index in [1.54, 1.807) is 12.1 Å². The molecule has 4 heteroatoms. The zero-order valence-electron chi connectivity index (χ0n) is 15.2. The molecule has 27 heavy (non-hydrogen) atoms. The Morgan fingerprint density at radius 3 is 2.52 bits per heavy atom. The van der Waals surface area contributed by atoms with Gasteiger partial charge in [0.1, 0.15) is 5.82 Å². The Kier molecular flexibility index (Phi) is 4.71.